The molecule has 0 atom stereocenters. The summed E-state index contributed by atoms with van der Waals surface area (Å²) in [6, 6.07) is 2.25. The van der Waals surface area contributed by atoms with Gasteiger partial charge in [-0.3, -0.25) is 4.79 Å². The third-order valence-electron chi connectivity index (χ3n) is 2.77. The molecule has 5 nitrogen and oxygen atoms in total. The molecule has 0 fully saturated rings. The van der Waals surface area contributed by atoms with Gasteiger partial charge in [-0.1, -0.05) is 19.9 Å². The van der Waals surface area contributed by atoms with Gasteiger partial charge < -0.3 is 10.2 Å². The minimum absolute atomic E-state index is 0.0619. The first-order valence-corrected chi connectivity index (χ1v) is 7.30. The van der Waals surface area contributed by atoms with Crippen LogP contribution in [0, 0.1) is 5.82 Å². The Hall–Kier alpha value is -1.63. The van der Waals surface area contributed by atoms with Gasteiger partial charge in [-0.05, 0) is 11.6 Å². The fourth-order valence-corrected chi connectivity index (χ4v) is 2.78. The highest BCUT2D eigenvalue weighted by Crippen LogP contribution is 2.35. The normalized spacial score (nSPS) is 12.4. The van der Waals surface area contributed by atoms with Crippen molar-refractivity contribution in [3.05, 3.63) is 23.5 Å². The largest absolute Gasteiger partial charge is 0.506 e. The fraction of sp³-hybridized carbons (Fsp3) is 0.417. The van der Waals surface area contributed by atoms with Crippen LogP contribution in [-0.2, 0) is 20.0 Å². The van der Waals surface area contributed by atoms with Gasteiger partial charge in [0.2, 0.25) is 0 Å². The lowest BCUT2D eigenvalue weighted by atomic mass is 9.81. The number of benzene rings is 1. The molecule has 0 radical (unpaired) electrons. The molecule has 7 heteroatoms. The van der Waals surface area contributed by atoms with Crippen LogP contribution in [0.1, 0.15) is 25.8 Å². The topological polar surface area (TPSA) is 91.7 Å². The number of rotatable bonds is 4. The molecular weight excluding hydrogens is 275 g/mol. The van der Waals surface area contributed by atoms with E-state index in [1.807, 2.05) is 0 Å². The highest BCUT2D eigenvalue weighted by atomic mass is 32.2. The lowest BCUT2D eigenvalue weighted by Crippen LogP contribution is -2.24. The minimum Gasteiger partial charge on any atom is -0.506 e. The number of phenols is 1. The average Bonchev–Trinajstić information content (AvgIpc) is 2.11. The number of hydrogen-bond acceptors (Lipinski definition) is 4. The van der Waals surface area contributed by atoms with E-state index in [1.54, 1.807) is 0 Å². The summed E-state index contributed by atoms with van der Waals surface area (Å²) in [7, 11) is -3.95. The van der Waals surface area contributed by atoms with Gasteiger partial charge in [0.25, 0.3) is 0 Å². The van der Waals surface area contributed by atoms with Gasteiger partial charge in [0, 0.05) is 11.7 Å². The number of carbonyl (C=O) groups is 1. The number of carboxylic acid groups (broad SMARTS) is 1. The van der Waals surface area contributed by atoms with Crippen LogP contribution in [0.2, 0.25) is 0 Å². The molecule has 2 N–H and O–H groups in total. The number of sulfone groups is 1. The molecule has 0 aliphatic carbocycles. The van der Waals surface area contributed by atoms with Crippen molar-refractivity contribution in [2.75, 3.05) is 6.26 Å². The Labute approximate surface area is 110 Å². The molecule has 0 amide bonds. The Morgan fingerprint density at radius 3 is 2.32 bits per heavy atom. The minimum atomic E-state index is -3.95. The van der Waals surface area contributed by atoms with Crippen LogP contribution < -0.4 is 0 Å². The Balaban J connectivity index is 3.53. The molecule has 1 rings (SSSR count). The molecule has 0 saturated heterocycles. The summed E-state index contributed by atoms with van der Waals surface area (Å²) in [4.78, 5) is 9.96. The first-order chi connectivity index (χ1) is 8.47. The van der Waals surface area contributed by atoms with E-state index >= 15 is 0 Å². The van der Waals surface area contributed by atoms with Gasteiger partial charge in [0.15, 0.2) is 9.84 Å². The number of aliphatic carboxylic acids is 1. The van der Waals surface area contributed by atoms with Crippen molar-refractivity contribution in [2.24, 2.45) is 0 Å². The number of aromatic hydroxyl groups is 1. The zero-order valence-electron chi connectivity index (χ0n) is 10.8. The van der Waals surface area contributed by atoms with Gasteiger partial charge in [0.05, 0.1) is 6.42 Å². The van der Waals surface area contributed by atoms with Crippen molar-refractivity contribution in [1.82, 2.24) is 0 Å². The molecule has 1 aromatic rings. The van der Waals surface area contributed by atoms with Crippen LogP contribution in [0.3, 0.4) is 0 Å². The first-order valence-electron chi connectivity index (χ1n) is 5.40. The van der Waals surface area contributed by atoms with Crippen LogP contribution in [-0.4, -0.2) is 30.9 Å². The van der Waals surface area contributed by atoms with Crippen LogP contribution >= 0.6 is 0 Å². The first kappa shape index (κ1) is 15.4. The monoisotopic (exact) mass is 290 g/mol. The zero-order valence-corrected chi connectivity index (χ0v) is 11.6. The molecular formula is C12H15FO5S. The van der Waals surface area contributed by atoms with E-state index in [0.717, 1.165) is 12.3 Å². The van der Waals surface area contributed by atoms with E-state index < -0.39 is 37.7 Å². The molecule has 0 aliphatic heterocycles. The van der Waals surface area contributed by atoms with Crippen molar-refractivity contribution in [3.8, 4) is 5.75 Å². The maximum Gasteiger partial charge on any atom is 0.304 e. The van der Waals surface area contributed by atoms with Gasteiger partial charge in [-0.2, -0.15) is 0 Å². The summed E-state index contributed by atoms with van der Waals surface area (Å²) < 4.78 is 37.2. The molecule has 19 heavy (non-hydrogen) atoms. The second kappa shape index (κ2) is 4.80. The van der Waals surface area contributed by atoms with Crippen molar-refractivity contribution in [2.45, 2.75) is 30.6 Å². The van der Waals surface area contributed by atoms with Crippen molar-refractivity contribution in [1.29, 1.82) is 0 Å². The summed E-state index contributed by atoms with van der Waals surface area (Å²) in [5.74, 6) is -2.91. The molecule has 1 aromatic carbocycles. The maximum absolute atomic E-state index is 14.2. The lowest BCUT2D eigenvalue weighted by Gasteiger charge is -2.24. The predicted octanol–water partition coefficient (Wildman–Crippen LogP) is 1.69. The lowest BCUT2D eigenvalue weighted by molar-refractivity contribution is -0.138. The Morgan fingerprint density at radius 1 is 1.37 bits per heavy atom. The van der Waals surface area contributed by atoms with Crippen LogP contribution in [0.15, 0.2) is 17.0 Å². The number of hydrogen-bond donors (Lipinski definition) is 2. The molecule has 0 heterocycles. The van der Waals surface area contributed by atoms with E-state index in [1.165, 1.54) is 19.9 Å². The summed E-state index contributed by atoms with van der Waals surface area (Å²) in [5, 5.41) is 18.3. The van der Waals surface area contributed by atoms with Gasteiger partial charge in [0.1, 0.15) is 16.5 Å². The van der Waals surface area contributed by atoms with Gasteiger partial charge in [-0.15, -0.1) is 0 Å². The summed E-state index contributed by atoms with van der Waals surface area (Å²) >= 11 is 0. The van der Waals surface area contributed by atoms with Gasteiger partial charge in [-0.25, -0.2) is 12.8 Å². The Kier molecular flexibility index (Phi) is 3.90. The van der Waals surface area contributed by atoms with Crippen molar-refractivity contribution < 1.29 is 27.8 Å². The number of halogens is 1. The van der Waals surface area contributed by atoms with E-state index in [-0.39, 0.29) is 12.0 Å². The van der Waals surface area contributed by atoms with Crippen molar-refractivity contribution in [3.63, 3.8) is 0 Å². The third-order valence-corrected chi connectivity index (χ3v) is 3.90. The quantitative estimate of drug-likeness (QED) is 0.880. The summed E-state index contributed by atoms with van der Waals surface area (Å²) in [6.07, 6.45) is 0.414. The van der Waals surface area contributed by atoms with Crippen LogP contribution in [0.4, 0.5) is 4.39 Å². The Bertz CT molecular complexity index is 619. The van der Waals surface area contributed by atoms with E-state index in [2.05, 4.69) is 0 Å². The molecule has 0 aromatic heterocycles. The zero-order chi connectivity index (χ0) is 15.0. The second-order valence-corrected chi connectivity index (χ2v) is 6.95. The highest BCUT2D eigenvalue weighted by molar-refractivity contribution is 7.90. The number of phenolic OH excluding ortho intramolecular Hbond substituents is 1. The Morgan fingerprint density at radius 2 is 1.89 bits per heavy atom. The third kappa shape index (κ3) is 3.23. The second-order valence-electron chi connectivity index (χ2n) is 5.00. The maximum atomic E-state index is 14.2. The number of carboxylic acids is 1. The summed E-state index contributed by atoms with van der Waals surface area (Å²) in [5.41, 5.74) is -1.16. The SMILES string of the molecule is CC(C)(CC(=O)O)c1ccc(O)c(S(C)(=O)=O)c1F. The van der Waals surface area contributed by atoms with Crippen LogP contribution in [0.25, 0.3) is 0 Å². The summed E-state index contributed by atoms with van der Waals surface area (Å²) in [6.45, 7) is 2.98. The van der Waals surface area contributed by atoms with Crippen LogP contribution in [0.5, 0.6) is 5.75 Å². The molecule has 0 spiro atoms. The molecule has 0 unspecified atom stereocenters. The molecule has 0 aliphatic rings. The average molecular weight is 290 g/mol. The standard InChI is InChI=1S/C12H15FO5S/c1-12(2,6-9(15)16)7-4-5-8(14)11(10(7)13)19(3,17)18/h4-5,14H,6H2,1-3H3,(H,15,16). The van der Waals surface area contributed by atoms with E-state index in [4.69, 9.17) is 5.11 Å². The molecule has 106 valence electrons. The predicted molar refractivity (Wildman–Crippen MR) is 66.5 cm³/mol. The highest BCUT2D eigenvalue weighted by Gasteiger charge is 2.31. The van der Waals surface area contributed by atoms with E-state index in [9.17, 15) is 22.7 Å². The molecule has 0 saturated carbocycles. The molecule has 0 bridgehead atoms. The van der Waals surface area contributed by atoms with Crippen molar-refractivity contribution >= 4 is 15.8 Å². The smallest absolute Gasteiger partial charge is 0.304 e. The van der Waals surface area contributed by atoms with Gasteiger partial charge >= 0.3 is 5.97 Å². The van der Waals surface area contributed by atoms with E-state index in [0.29, 0.717) is 0 Å². The fourth-order valence-electron chi connectivity index (χ4n) is 1.89.